The van der Waals surface area contributed by atoms with E-state index in [0.717, 1.165) is 48.1 Å². The lowest BCUT2D eigenvalue weighted by Gasteiger charge is -2.18. The number of nitrogens with two attached hydrogens (primary N) is 1. The lowest BCUT2D eigenvalue weighted by molar-refractivity contribution is 0.271. The van der Waals surface area contributed by atoms with Crippen LogP contribution in [0, 0.1) is 0 Å². The maximum Gasteiger partial charge on any atom is 0.0431 e. The Morgan fingerprint density at radius 2 is 2.06 bits per heavy atom. The first-order valence-electron chi connectivity index (χ1n) is 5.97. The standard InChI is InChI=1S/C13H21BrN2O/c1-16(8-3-2-4-9-17)10-11-12(14)6-5-7-13(11)15/h5-7,17H,2-4,8-10,15H2,1H3. The summed E-state index contributed by atoms with van der Waals surface area (Å²) in [4.78, 5) is 2.26. The van der Waals surface area contributed by atoms with Crippen molar-refractivity contribution in [2.24, 2.45) is 0 Å². The van der Waals surface area contributed by atoms with Gasteiger partial charge in [-0.2, -0.15) is 0 Å². The van der Waals surface area contributed by atoms with E-state index in [1.807, 2.05) is 18.2 Å². The molecule has 17 heavy (non-hydrogen) atoms. The molecule has 0 aliphatic carbocycles. The number of aliphatic hydroxyl groups is 1. The average Bonchev–Trinajstić information content (AvgIpc) is 2.30. The molecule has 0 saturated heterocycles. The molecule has 0 amide bonds. The molecule has 1 aromatic carbocycles. The van der Waals surface area contributed by atoms with Gasteiger partial charge in [0.05, 0.1) is 0 Å². The molecule has 0 aliphatic heterocycles. The minimum absolute atomic E-state index is 0.293. The molecular formula is C13H21BrN2O. The number of anilines is 1. The second kappa shape index (κ2) is 7.69. The minimum Gasteiger partial charge on any atom is -0.398 e. The van der Waals surface area contributed by atoms with Gasteiger partial charge < -0.3 is 15.7 Å². The van der Waals surface area contributed by atoms with E-state index in [0.29, 0.717) is 6.61 Å². The summed E-state index contributed by atoms with van der Waals surface area (Å²) in [5.74, 6) is 0. The van der Waals surface area contributed by atoms with Gasteiger partial charge in [0.15, 0.2) is 0 Å². The van der Waals surface area contributed by atoms with Crippen LogP contribution in [-0.4, -0.2) is 30.2 Å². The number of aliphatic hydroxyl groups excluding tert-OH is 1. The van der Waals surface area contributed by atoms with Gasteiger partial charge in [-0.25, -0.2) is 0 Å². The summed E-state index contributed by atoms with van der Waals surface area (Å²) in [6.45, 7) is 2.17. The SMILES string of the molecule is CN(CCCCCO)Cc1c(N)cccc1Br. The summed E-state index contributed by atoms with van der Waals surface area (Å²) >= 11 is 3.53. The molecule has 0 heterocycles. The number of nitrogens with zero attached hydrogens (tertiary/aromatic N) is 1. The summed E-state index contributed by atoms with van der Waals surface area (Å²) in [5.41, 5.74) is 7.94. The van der Waals surface area contributed by atoms with Crippen molar-refractivity contribution in [1.29, 1.82) is 0 Å². The second-order valence-electron chi connectivity index (χ2n) is 4.33. The molecule has 0 bridgehead atoms. The predicted octanol–water partition coefficient (Wildman–Crippen LogP) is 2.63. The highest BCUT2D eigenvalue weighted by Crippen LogP contribution is 2.23. The maximum atomic E-state index is 8.70. The third-order valence-corrected chi connectivity index (χ3v) is 3.52. The third-order valence-electron chi connectivity index (χ3n) is 2.78. The van der Waals surface area contributed by atoms with Crippen molar-refractivity contribution in [3.05, 3.63) is 28.2 Å². The summed E-state index contributed by atoms with van der Waals surface area (Å²) in [7, 11) is 2.10. The largest absolute Gasteiger partial charge is 0.398 e. The second-order valence-corrected chi connectivity index (χ2v) is 5.18. The quantitative estimate of drug-likeness (QED) is 0.601. The van der Waals surface area contributed by atoms with Crippen LogP contribution in [0.4, 0.5) is 5.69 Å². The van der Waals surface area contributed by atoms with Crippen LogP contribution in [0.5, 0.6) is 0 Å². The first-order valence-corrected chi connectivity index (χ1v) is 6.76. The highest BCUT2D eigenvalue weighted by molar-refractivity contribution is 9.10. The Morgan fingerprint density at radius 3 is 2.71 bits per heavy atom. The molecular weight excluding hydrogens is 280 g/mol. The van der Waals surface area contributed by atoms with Crippen LogP contribution in [0.3, 0.4) is 0 Å². The van der Waals surface area contributed by atoms with Crippen LogP contribution in [0.1, 0.15) is 24.8 Å². The summed E-state index contributed by atoms with van der Waals surface area (Å²) in [6.07, 6.45) is 3.08. The predicted molar refractivity (Wildman–Crippen MR) is 75.8 cm³/mol. The highest BCUT2D eigenvalue weighted by Gasteiger charge is 2.07. The Hall–Kier alpha value is -0.580. The van der Waals surface area contributed by atoms with Gasteiger partial charge >= 0.3 is 0 Å². The van der Waals surface area contributed by atoms with Crippen LogP contribution in [0.15, 0.2) is 22.7 Å². The van der Waals surface area contributed by atoms with Crippen molar-refractivity contribution in [2.75, 3.05) is 25.9 Å². The van der Waals surface area contributed by atoms with Crippen molar-refractivity contribution in [3.8, 4) is 0 Å². The van der Waals surface area contributed by atoms with E-state index in [9.17, 15) is 0 Å². The van der Waals surface area contributed by atoms with Gasteiger partial charge in [-0.05, 0) is 45.0 Å². The Balaban J connectivity index is 2.42. The Bertz CT molecular complexity index is 324. The highest BCUT2D eigenvalue weighted by atomic mass is 79.9. The monoisotopic (exact) mass is 300 g/mol. The van der Waals surface area contributed by atoms with Gasteiger partial charge in [0.1, 0.15) is 0 Å². The number of nitrogen functional groups attached to an aromatic ring is 1. The molecule has 0 radical (unpaired) electrons. The fourth-order valence-corrected chi connectivity index (χ4v) is 2.27. The Morgan fingerprint density at radius 1 is 1.29 bits per heavy atom. The minimum atomic E-state index is 0.293. The van der Waals surface area contributed by atoms with Gasteiger partial charge in [-0.15, -0.1) is 0 Å². The van der Waals surface area contributed by atoms with Crippen molar-refractivity contribution in [2.45, 2.75) is 25.8 Å². The van der Waals surface area contributed by atoms with E-state index in [2.05, 4.69) is 27.9 Å². The van der Waals surface area contributed by atoms with Gasteiger partial charge in [-0.1, -0.05) is 22.0 Å². The average molecular weight is 301 g/mol. The first kappa shape index (κ1) is 14.5. The van der Waals surface area contributed by atoms with Gasteiger partial charge in [0, 0.05) is 28.9 Å². The van der Waals surface area contributed by atoms with Gasteiger partial charge in [0.2, 0.25) is 0 Å². The van der Waals surface area contributed by atoms with E-state index in [1.54, 1.807) is 0 Å². The summed E-state index contributed by atoms with van der Waals surface area (Å²) < 4.78 is 1.07. The fraction of sp³-hybridized carbons (Fsp3) is 0.538. The molecule has 0 fully saturated rings. The molecule has 3 nitrogen and oxygen atoms in total. The Kier molecular flexibility index (Phi) is 6.55. The van der Waals surface area contributed by atoms with Crippen LogP contribution in [0.25, 0.3) is 0 Å². The molecule has 3 N–H and O–H groups in total. The molecule has 1 rings (SSSR count). The van der Waals surface area contributed by atoms with Crippen LogP contribution >= 0.6 is 15.9 Å². The maximum absolute atomic E-state index is 8.70. The molecule has 0 atom stereocenters. The van der Waals surface area contributed by atoms with E-state index in [-0.39, 0.29) is 0 Å². The van der Waals surface area contributed by atoms with Crippen molar-refractivity contribution < 1.29 is 5.11 Å². The Labute approximate surface area is 112 Å². The van der Waals surface area contributed by atoms with Crippen LogP contribution in [0.2, 0.25) is 0 Å². The van der Waals surface area contributed by atoms with Crippen molar-refractivity contribution >= 4 is 21.6 Å². The molecule has 1 aromatic rings. The van der Waals surface area contributed by atoms with Crippen LogP contribution < -0.4 is 5.73 Å². The molecule has 0 aromatic heterocycles. The van der Waals surface area contributed by atoms with Gasteiger partial charge in [-0.3, -0.25) is 0 Å². The van der Waals surface area contributed by atoms with E-state index < -0.39 is 0 Å². The zero-order chi connectivity index (χ0) is 12.7. The van der Waals surface area contributed by atoms with Crippen molar-refractivity contribution in [3.63, 3.8) is 0 Å². The molecule has 4 heteroatoms. The number of halogens is 1. The van der Waals surface area contributed by atoms with Gasteiger partial charge in [0.25, 0.3) is 0 Å². The molecule has 0 unspecified atom stereocenters. The smallest absolute Gasteiger partial charge is 0.0431 e. The zero-order valence-electron chi connectivity index (χ0n) is 10.3. The number of hydrogen-bond donors (Lipinski definition) is 2. The fourth-order valence-electron chi connectivity index (χ4n) is 1.76. The first-order chi connectivity index (χ1) is 8.15. The molecule has 96 valence electrons. The van der Waals surface area contributed by atoms with Crippen molar-refractivity contribution in [1.82, 2.24) is 4.90 Å². The number of hydrogen-bond acceptors (Lipinski definition) is 3. The van der Waals surface area contributed by atoms with E-state index >= 15 is 0 Å². The summed E-state index contributed by atoms with van der Waals surface area (Å²) in [6, 6.07) is 5.90. The van der Waals surface area contributed by atoms with E-state index in [4.69, 9.17) is 10.8 Å². The van der Waals surface area contributed by atoms with Crippen LogP contribution in [-0.2, 0) is 6.54 Å². The van der Waals surface area contributed by atoms with E-state index in [1.165, 1.54) is 0 Å². The molecule has 0 saturated carbocycles. The zero-order valence-corrected chi connectivity index (χ0v) is 11.9. The summed E-state index contributed by atoms with van der Waals surface area (Å²) in [5, 5.41) is 8.70. The number of benzene rings is 1. The number of unbranched alkanes of at least 4 members (excludes halogenated alkanes) is 2. The normalized spacial score (nSPS) is 11.1. The lowest BCUT2D eigenvalue weighted by atomic mass is 10.1. The molecule has 0 aliphatic rings. The third kappa shape index (κ3) is 5.06. The molecule has 0 spiro atoms. The number of rotatable bonds is 7. The topological polar surface area (TPSA) is 49.5 Å². The lowest BCUT2D eigenvalue weighted by Crippen LogP contribution is -2.20.